The summed E-state index contributed by atoms with van der Waals surface area (Å²) in [5.41, 5.74) is 0.268. The van der Waals surface area contributed by atoms with Crippen molar-refractivity contribution in [3.8, 4) is 0 Å². The average molecular weight is 537 g/mol. The minimum absolute atomic E-state index is 0. The van der Waals surface area contributed by atoms with E-state index in [1.807, 2.05) is 20.8 Å². The molecule has 4 N–H and O–H groups in total. The van der Waals surface area contributed by atoms with Crippen molar-refractivity contribution in [2.45, 2.75) is 39.7 Å². The van der Waals surface area contributed by atoms with E-state index in [9.17, 15) is 14.0 Å². The van der Waals surface area contributed by atoms with Gasteiger partial charge in [0.2, 0.25) is 0 Å². The molecular weight excluding hydrogens is 504 g/mol. The highest BCUT2D eigenvalue weighted by molar-refractivity contribution is 14.0. The van der Waals surface area contributed by atoms with E-state index >= 15 is 0 Å². The Morgan fingerprint density at radius 1 is 1.03 bits per heavy atom. The van der Waals surface area contributed by atoms with Crippen molar-refractivity contribution in [2.75, 3.05) is 33.2 Å². The number of hydrogen-bond donors (Lipinski definition) is 4. The summed E-state index contributed by atoms with van der Waals surface area (Å²) in [6.07, 6.45) is 0.250. The van der Waals surface area contributed by atoms with Gasteiger partial charge < -0.3 is 26.0 Å². The summed E-state index contributed by atoms with van der Waals surface area (Å²) in [4.78, 5) is 27.6. The Morgan fingerprint density at radius 2 is 1.63 bits per heavy atom. The van der Waals surface area contributed by atoms with Crippen molar-refractivity contribution in [1.82, 2.24) is 21.3 Å². The molecule has 0 heterocycles. The fourth-order valence-corrected chi connectivity index (χ4v) is 2.21. The van der Waals surface area contributed by atoms with Gasteiger partial charge in [-0.1, -0.05) is 6.07 Å². The molecule has 0 aliphatic heterocycles. The average Bonchev–Trinajstić information content (AvgIpc) is 2.63. The Hall–Kier alpha value is -2.11. The number of guanidine groups is 1. The van der Waals surface area contributed by atoms with Crippen molar-refractivity contribution < 1.29 is 18.7 Å². The lowest BCUT2D eigenvalue weighted by Gasteiger charge is -2.19. The molecule has 0 atom stereocenters. The Kier molecular flexibility index (Phi) is 13.0. The molecule has 0 fully saturated rings. The van der Waals surface area contributed by atoms with Gasteiger partial charge in [0.25, 0.3) is 5.91 Å². The molecule has 0 spiro atoms. The number of amides is 2. The van der Waals surface area contributed by atoms with Gasteiger partial charge in [-0.3, -0.25) is 9.79 Å². The van der Waals surface area contributed by atoms with Crippen LogP contribution in [-0.4, -0.2) is 56.8 Å². The minimum Gasteiger partial charge on any atom is -0.444 e. The lowest BCUT2D eigenvalue weighted by molar-refractivity contribution is 0.0527. The molecule has 0 aliphatic carbocycles. The molecule has 0 unspecified atom stereocenters. The van der Waals surface area contributed by atoms with Crippen molar-refractivity contribution in [1.29, 1.82) is 0 Å². The smallest absolute Gasteiger partial charge is 0.407 e. The van der Waals surface area contributed by atoms with E-state index in [0.29, 0.717) is 44.1 Å². The van der Waals surface area contributed by atoms with E-state index in [1.54, 1.807) is 26.1 Å². The zero-order valence-corrected chi connectivity index (χ0v) is 20.6. The molecule has 10 heteroatoms. The van der Waals surface area contributed by atoms with Crippen molar-refractivity contribution in [3.05, 3.63) is 35.1 Å². The largest absolute Gasteiger partial charge is 0.444 e. The predicted octanol–water partition coefficient (Wildman–Crippen LogP) is 2.56. The first kappa shape index (κ1) is 27.9. The van der Waals surface area contributed by atoms with Crippen LogP contribution in [0.3, 0.4) is 0 Å². The van der Waals surface area contributed by atoms with E-state index in [0.717, 1.165) is 0 Å². The van der Waals surface area contributed by atoms with Crippen LogP contribution < -0.4 is 21.3 Å². The molecule has 0 saturated heterocycles. The summed E-state index contributed by atoms with van der Waals surface area (Å²) in [5, 5.41) is 11.6. The number of carbonyl (C=O) groups excluding carboxylic acids is 2. The van der Waals surface area contributed by atoms with Crippen molar-refractivity contribution >= 4 is 41.9 Å². The Balaban J connectivity index is 0.00000841. The Labute approximate surface area is 194 Å². The van der Waals surface area contributed by atoms with Crippen LogP contribution in [0.25, 0.3) is 0 Å². The van der Waals surface area contributed by atoms with Gasteiger partial charge in [-0.05, 0) is 51.8 Å². The van der Waals surface area contributed by atoms with Gasteiger partial charge in [0, 0.05) is 38.8 Å². The Morgan fingerprint density at radius 3 is 2.23 bits per heavy atom. The van der Waals surface area contributed by atoms with E-state index in [1.165, 1.54) is 6.07 Å². The van der Waals surface area contributed by atoms with Gasteiger partial charge in [0.1, 0.15) is 11.4 Å². The summed E-state index contributed by atoms with van der Waals surface area (Å²) in [5.74, 6) is -0.152. The highest BCUT2D eigenvalue weighted by Gasteiger charge is 2.15. The zero-order valence-electron chi connectivity index (χ0n) is 18.2. The van der Waals surface area contributed by atoms with E-state index < -0.39 is 17.5 Å². The molecule has 1 aromatic rings. The topological polar surface area (TPSA) is 104 Å². The van der Waals surface area contributed by atoms with Crippen LogP contribution in [0.15, 0.2) is 23.2 Å². The number of halogens is 2. The monoisotopic (exact) mass is 537 g/mol. The van der Waals surface area contributed by atoms with Gasteiger partial charge in [0.05, 0.1) is 0 Å². The standard InChI is InChI=1S/C20H32FN5O3.HI/c1-14-7-8-15(13-16(14)21)17(27)23-11-12-25-18(22-5)24-9-6-10-26-19(28)29-20(2,3)4;/h7-8,13H,6,9-12H2,1-5H3,(H,23,27)(H,26,28)(H2,22,24,25);1H. The maximum Gasteiger partial charge on any atom is 0.407 e. The van der Waals surface area contributed by atoms with Gasteiger partial charge >= 0.3 is 6.09 Å². The van der Waals surface area contributed by atoms with Gasteiger partial charge in [0.15, 0.2) is 5.96 Å². The minimum atomic E-state index is -0.517. The lowest BCUT2D eigenvalue weighted by Crippen LogP contribution is -2.42. The van der Waals surface area contributed by atoms with Gasteiger partial charge in [-0.2, -0.15) is 0 Å². The van der Waals surface area contributed by atoms with Crippen LogP contribution in [-0.2, 0) is 4.74 Å². The molecule has 0 bridgehead atoms. The molecule has 2 amide bonds. The third-order valence-corrected chi connectivity index (χ3v) is 3.67. The fourth-order valence-electron chi connectivity index (χ4n) is 2.21. The highest BCUT2D eigenvalue weighted by Crippen LogP contribution is 2.09. The van der Waals surface area contributed by atoms with E-state index in [4.69, 9.17) is 4.74 Å². The van der Waals surface area contributed by atoms with E-state index in [2.05, 4.69) is 26.3 Å². The van der Waals surface area contributed by atoms with Crippen LogP contribution in [0, 0.1) is 12.7 Å². The first-order valence-corrected chi connectivity index (χ1v) is 9.58. The number of benzene rings is 1. The SMILES string of the molecule is CN=C(NCCCNC(=O)OC(C)(C)C)NCCNC(=O)c1ccc(C)c(F)c1.I. The second-order valence-corrected chi connectivity index (χ2v) is 7.43. The number of ether oxygens (including phenoxy) is 1. The summed E-state index contributed by atoms with van der Waals surface area (Å²) in [6, 6.07) is 4.39. The van der Waals surface area contributed by atoms with Gasteiger partial charge in [-0.15, -0.1) is 24.0 Å². The molecule has 0 saturated carbocycles. The van der Waals surface area contributed by atoms with E-state index in [-0.39, 0.29) is 35.4 Å². The zero-order chi connectivity index (χ0) is 21.9. The number of carbonyl (C=O) groups is 2. The molecule has 0 aromatic heterocycles. The third-order valence-electron chi connectivity index (χ3n) is 3.67. The van der Waals surface area contributed by atoms with Crippen LogP contribution in [0.2, 0.25) is 0 Å². The first-order valence-electron chi connectivity index (χ1n) is 9.58. The third kappa shape index (κ3) is 11.8. The van der Waals surface area contributed by atoms with Crippen LogP contribution in [0.5, 0.6) is 0 Å². The van der Waals surface area contributed by atoms with Crippen molar-refractivity contribution in [2.24, 2.45) is 4.99 Å². The number of aryl methyl sites for hydroxylation is 1. The molecule has 1 rings (SSSR count). The number of aliphatic imine (C=N–C) groups is 1. The molecule has 1 aromatic carbocycles. The van der Waals surface area contributed by atoms with Crippen LogP contribution in [0.4, 0.5) is 9.18 Å². The first-order chi connectivity index (χ1) is 13.6. The second kappa shape index (κ2) is 14.0. The molecule has 30 heavy (non-hydrogen) atoms. The predicted molar refractivity (Wildman–Crippen MR) is 127 cm³/mol. The van der Waals surface area contributed by atoms with Crippen LogP contribution in [0.1, 0.15) is 43.1 Å². The summed E-state index contributed by atoms with van der Waals surface area (Å²) in [6.45, 7) is 8.96. The maximum absolute atomic E-state index is 13.5. The van der Waals surface area contributed by atoms with Crippen molar-refractivity contribution in [3.63, 3.8) is 0 Å². The fraction of sp³-hybridized carbons (Fsp3) is 0.550. The molecule has 0 aliphatic rings. The molecular formula is C20H33FIN5O3. The quantitative estimate of drug-likeness (QED) is 0.177. The number of nitrogens with zero attached hydrogens (tertiary/aromatic N) is 1. The Bertz CT molecular complexity index is 723. The maximum atomic E-state index is 13.5. The second-order valence-electron chi connectivity index (χ2n) is 7.43. The molecule has 170 valence electrons. The highest BCUT2D eigenvalue weighted by atomic mass is 127. The number of rotatable bonds is 8. The summed E-state index contributed by atoms with van der Waals surface area (Å²) >= 11 is 0. The molecule has 0 radical (unpaired) electrons. The molecule has 8 nitrogen and oxygen atoms in total. The number of nitrogens with one attached hydrogen (secondary N) is 4. The summed E-state index contributed by atoms with van der Waals surface area (Å²) in [7, 11) is 1.64. The number of alkyl carbamates (subject to hydrolysis) is 1. The van der Waals surface area contributed by atoms with Crippen LogP contribution >= 0.6 is 24.0 Å². The lowest BCUT2D eigenvalue weighted by atomic mass is 10.1. The summed E-state index contributed by atoms with van der Waals surface area (Å²) < 4.78 is 18.7. The van der Waals surface area contributed by atoms with Gasteiger partial charge in [-0.25, -0.2) is 9.18 Å². The normalized spacial score (nSPS) is 11.2. The number of hydrogen-bond acceptors (Lipinski definition) is 4.